The molecule has 6 heteroatoms. The van der Waals surface area contributed by atoms with E-state index in [0.717, 1.165) is 5.69 Å². The van der Waals surface area contributed by atoms with Crippen LogP contribution >= 0.6 is 11.3 Å². The summed E-state index contributed by atoms with van der Waals surface area (Å²) in [5.41, 5.74) is 0.878. The number of thiophene rings is 1. The number of rotatable bonds is 5. The molecule has 1 saturated carbocycles. The molecule has 1 aliphatic carbocycles. The average molecular weight is 306 g/mol. The van der Waals surface area contributed by atoms with E-state index in [2.05, 4.69) is 5.10 Å². The zero-order chi connectivity index (χ0) is 14.7. The summed E-state index contributed by atoms with van der Waals surface area (Å²) in [4.78, 5) is 11.1. The predicted octanol–water partition coefficient (Wildman–Crippen LogP) is 3.73. The first kappa shape index (κ1) is 14.1. The molecule has 0 aromatic carbocycles. The highest BCUT2D eigenvalue weighted by atomic mass is 32.1. The smallest absolute Gasteiger partial charge is 0.346 e. The van der Waals surface area contributed by atoms with Gasteiger partial charge in [0.05, 0.1) is 11.7 Å². The van der Waals surface area contributed by atoms with Crippen LogP contribution in [0.15, 0.2) is 23.7 Å². The van der Waals surface area contributed by atoms with E-state index in [1.54, 1.807) is 11.4 Å². The quantitative estimate of drug-likeness (QED) is 0.914. The van der Waals surface area contributed by atoms with Crippen LogP contribution in [0.25, 0.3) is 0 Å². The van der Waals surface area contributed by atoms with Crippen LogP contribution < -0.4 is 4.74 Å². The molecule has 2 heterocycles. The summed E-state index contributed by atoms with van der Waals surface area (Å²) in [6, 6.07) is 4.04. The van der Waals surface area contributed by atoms with Gasteiger partial charge in [0.2, 0.25) is 0 Å². The fourth-order valence-corrected chi connectivity index (χ4v) is 3.33. The van der Waals surface area contributed by atoms with E-state index in [1.165, 1.54) is 43.4 Å². The Bertz CT molecular complexity index is 614. The fraction of sp³-hybridized carbons (Fsp3) is 0.467. The lowest BCUT2D eigenvalue weighted by molar-refractivity contribution is 0.0702. The summed E-state index contributed by atoms with van der Waals surface area (Å²) < 4.78 is 7.64. The van der Waals surface area contributed by atoms with Crippen LogP contribution in [-0.2, 0) is 6.61 Å². The Balaban J connectivity index is 1.57. The molecule has 1 N–H and O–H groups in total. The number of hydrogen-bond acceptors (Lipinski definition) is 4. The van der Waals surface area contributed by atoms with Crippen LogP contribution in [0.3, 0.4) is 0 Å². The van der Waals surface area contributed by atoms with Crippen LogP contribution in [0.1, 0.15) is 53.5 Å². The molecule has 1 aliphatic rings. The zero-order valence-electron chi connectivity index (χ0n) is 11.7. The second-order valence-electron chi connectivity index (χ2n) is 5.32. The highest BCUT2D eigenvalue weighted by Gasteiger charge is 2.16. The first-order valence-electron chi connectivity index (χ1n) is 7.21. The Hall–Kier alpha value is -1.82. The first-order valence-corrected chi connectivity index (χ1v) is 8.09. The van der Waals surface area contributed by atoms with Gasteiger partial charge >= 0.3 is 5.97 Å². The van der Waals surface area contributed by atoms with Gasteiger partial charge in [0.1, 0.15) is 17.2 Å². The number of ether oxygens (including phenoxy) is 1. The highest BCUT2D eigenvalue weighted by molar-refractivity contribution is 7.12. The third-order valence-corrected chi connectivity index (χ3v) is 4.68. The average Bonchev–Trinajstić information content (AvgIpc) is 3.15. The standard InChI is InChI=1S/C15H18N2O3S/c18-15(19)14-8-13(10-21-14)20-9-11-6-7-17(16-11)12-4-2-1-3-5-12/h6-8,10,12H,1-5,9H2,(H,18,19). The maximum atomic E-state index is 10.8. The Labute approximate surface area is 127 Å². The van der Waals surface area contributed by atoms with E-state index >= 15 is 0 Å². The minimum Gasteiger partial charge on any atom is -0.486 e. The number of carboxylic acids is 1. The van der Waals surface area contributed by atoms with Gasteiger partial charge < -0.3 is 9.84 Å². The van der Waals surface area contributed by atoms with Crippen molar-refractivity contribution in [2.45, 2.75) is 44.8 Å². The zero-order valence-corrected chi connectivity index (χ0v) is 12.5. The molecule has 0 spiro atoms. The van der Waals surface area contributed by atoms with Crippen molar-refractivity contribution in [2.24, 2.45) is 0 Å². The molecule has 0 unspecified atom stereocenters. The SMILES string of the molecule is O=C(O)c1cc(OCc2ccn(C3CCCCC3)n2)cs1. The minimum absolute atomic E-state index is 0.290. The van der Waals surface area contributed by atoms with Gasteiger partial charge in [0.15, 0.2) is 0 Å². The summed E-state index contributed by atoms with van der Waals surface area (Å²) >= 11 is 1.17. The Morgan fingerprint density at radius 2 is 2.24 bits per heavy atom. The normalized spacial score (nSPS) is 16.0. The molecule has 0 amide bonds. The van der Waals surface area contributed by atoms with Crippen molar-refractivity contribution in [3.8, 4) is 5.75 Å². The van der Waals surface area contributed by atoms with Crippen molar-refractivity contribution in [3.63, 3.8) is 0 Å². The van der Waals surface area contributed by atoms with Gasteiger partial charge in [-0.25, -0.2) is 4.79 Å². The molecule has 0 bridgehead atoms. The predicted molar refractivity (Wildman–Crippen MR) is 80.0 cm³/mol. The molecule has 0 aliphatic heterocycles. The van der Waals surface area contributed by atoms with E-state index in [0.29, 0.717) is 18.4 Å². The molecule has 1 fully saturated rings. The Morgan fingerprint density at radius 3 is 2.95 bits per heavy atom. The van der Waals surface area contributed by atoms with Gasteiger partial charge in [-0.05, 0) is 18.9 Å². The molecule has 0 atom stereocenters. The van der Waals surface area contributed by atoms with Gasteiger partial charge in [-0.3, -0.25) is 4.68 Å². The van der Waals surface area contributed by atoms with E-state index in [9.17, 15) is 4.79 Å². The van der Waals surface area contributed by atoms with Crippen molar-refractivity contribution in [1.29, 1.82) is 0 Å². The first-order chi connectivity index (χ1) is 10.2. The van der Waals surface area contributed by atoms with Crippen molar-refractivity contribution < 1.29 is 14.6 Å². The summed E-state index contributed by atoms with van der Waals surface area (Å²) in [7, 11) is 0. The van der Waals surface area contributed by atoms with Gasteiger partial charge in [0.25, 0.3) is 0 Å². The van der Waals surface area contributed by atoms with Gasteiger partial charge in [0, 0.05) is 17.6 Å². The van der Waals surface area contributed by atoms with Gasteiger partial charge in [-0.1, -0.05) is 19.3 Å². The molecule has 0 saturated heterocycles. The van der Waals surface area contributed by atoms with E-state index in [4.69, 9.17) is 9.84 Å². The molecular weight excluding hydrogens is 288 g/mol. The van der Waals surface area contributed by atoms with Crippen LogP contribution in [-0.4, -0.2) is 20.9 Å². The number of aromatic carboxylic acids is 1. The number of hydrogen-bond donors (Lipinski definition) is 1. The van der Waals surface area contributed by atoms with Crippen molar-refractivity contribution in [1.82, 2.24) is 9.78 Å². The van der Waals surface area contributed by atoms with Crippen molar-refractivity contribution in [2.75, 3.05) is 0 Å². The largest absolute Gasteiger partial charge is 0.486 e. The topological polar surface area (TPSA) is 64.3 Å². The lowest BCUT2D eigenvalue weighted by Crippen LogP contribution is -2.13. The highest BCUT2D eigenvalue weighted by Crippen LogP contribution is 2.27. The van der Waals surface area contributed by atoms with Crippen LogP contribution in [0.2, 0.25) is 0 Å². The van der Waals surface area contributed by atoms with Crippen molar-refractivity contribution in [3.05, 3.63) is 34.3 Å². The monoisotopic (exact) mass is 306 g/mol. The van der Waals surface area contributed by atoms with Crippen LogP contribution in [0.4, 0.5) is 0 Å². The summed E-state index contributed by atoms with van der Waals surface area (Å²) in [6.45, 7) is 0.371. The molecule has 2 aromatic heterocycles. The maximum Gasteiger partial charge on any atom is 0.346 e. The van der Waals surface area contributed by atoms with E-state index < -0.39 is 5.97 Å². The van der Waals surface area contributed by atoms with Gasteiger partial charge in [-0.15, -0.1) is 11.3 Å². The molecule has 2 aromatic rings. The number of carbonyl (C=O) groups is 1. The molecule has 0 radical (unpaired) electrons. The van der Waals surface area contributed by atoms with Crippen LogP contribution in [0, 0.1) is 0 Å². The number of carboxylic acid groups (broad SMARTS) is 1. The van der Waals surface area contributed by atoms with E-state index in [-0.39, 0.29) is 4.88 Å². The second-order valence-corrected chi connectivity index (χ2v) is 6.23. The molecule has 21 heavy (non-hydrogen) atoms. The molecule has 5 nitrogen and oxygen atoms in total. The maximum absolute atomic E-state index is 10.8. The molecule has 3 rings (SSSR count). The lowest BCUT2D eigenvalue weighted by Gasteiger charge is -2.21. The van der Waals surface area contributed by atoms with Crippen molar-refractivity contribution >= 4 is 17.3 Å². The number of nitrogens with zero attached hydrogens (tertiary/aromatic N) is 2. The fourth-order valence-electron chi connectivity index (χ4n) is 2.67. The summed E-state index contributed by atoms with van der Waals surface area (Å²) in [5, 5.41) is 15.1. The lowest BCUT2D eigenvalue weighted by atomic mass is 9.96. The second kappa shape index (κ2) is 6.30. The minimum atomic E-state index is -0.920. The molecular formula is C15H18N2O3S. The number of aromatic nitrogens is 2. The third-order valence-electron chi connectivity index (χ3n) is 3.79. The van der Waals surface area contributed by atoms with E-state index in [1.807, 2.05) is 16.9 Å². The Kier molecular flexibility index (Phi) is 4.24. The summed E-state index contributed by atoms with van der Waals surface area (Å²) in [6.07, 6.45) is 8.32. The Morgan fingerprint density at radius 1 is 1.43 bits per heavy atom. The van der Waals surface area contributed by atoms with Gasteiger partial charge in [-0.2, -0.15) is 5.10 Å². The third kappa shape index (κ3) is 3.44. The molecule has 112 valence electrons. The van der Waals surface area contributed by atoms with Crippen LogP contribution in [0.5, 0.6) is 5.75 Å². The summed E-state index contributed by atoms with van der Waals surface area (Å²) in [5.74, 6) is -0.332.